The average Bonchev–Trinajstić information content (AvgIpc) is 3.33. The van der Waals surface area contributed by atoms with Gasteiger partial charge in [0, 0.05) is 26.1 Å². The first-order chi connectivity index (χ1) is 13.5. The Hall–Kier alpha value is -3.30. The smallest absolute Gasteiger partial charge is 0.291 e. The van der Waals surface area contributed by atoms with Crippen LogP contribution >= 0.6 is 0 Å². The van der Waals surface area contributed by atoms with Gasteiger partial charge < -0.3 is 5.32 Å². The number of carbonyl (C=O) groups is 2. The first-order valence-electron chi connectivity index (χ1n) is 9.05. The summed E-state index contributed by atoms with van der Waals surface area (Å²) in [6.45, 7) is 0.958. The molecule has 4 rings (SSSR count). The van der Waals surface area contributed by atoms with Gasteiger partial charge in [0.1, 0.15) is 24.0 Å². The number of rotatable bonds is 4. The summed E-state index contributed by atoms with van der Waals surface area (Å²) in [6.07, 6.45) is 7.69. The molecule has 9 nitrogen and oxygen atoms in total. The number of fused-ring (bicyclic) bond motifs is 1. The molecule has 0 saturated carbocycles. The number of amides is 2. The molecule has 3 heterocycles. The monoisotopic (exact) mass is 385 g/mol. The number of anilines is 1. The summed E-state index contributed by atoms with van der Waals surface area (Å²) in [5.74, 6) is -0.171. The number of hydrogen-bond acceptors (Lipinski definition) is 5. The van der Waals surface area contributed by atoms with E-state index in [9.17, 15) is 14.0 Å². The largest absolute Gasteiger partial charge is 0.337 e. The highest BCUT2D eigenvalue weighted by atomic mass is 19.1. The summed E-state index contributed by atoms with van der Waals surface area (Å²) >= 11 is 0. The Morgan fingerprint density at radius 1 is 1.36 bits per heavy atom. The van der Waals surface area contributed by atoms with Crippen LogP contribution in [0.25, 0.3) is 0 Å². The van der Waals surface area contributed by atoms with Gasteiger partial charge in [-0.25, -0.2) is 18.7 Å². The van der Waals surface area contributed by atoms with E-state index < -0.39 is 11.9 Å². The van der Waals surface area contributed by atoms with Crippen LogP contribution in [-0.4, -0.2) is 49.4 Å². The zero-order valence-electron chi connectivity index (χ0n) is 15.4. The van der Waals surface area contributed by atoms with Gasteiger partial charge in [0.25, 0.3) is 11.8 Å². The second kappa shape index (κ2) is 7.37. The van der Waals surface area contributed by atoms with Crippen LogP contribution in [-0.2, 0) is 17.9 Å². The number of nitrogens with zero attached hydrogens (tertiary/aromatic N) is 6. The topological polar surface area (TPSA) is 97.9 Å². The fourth-order valence-electron chi connectivity index (χ4n) is 3.33. The lowest BCUT2D eigenvalue weighted by Gasteiger charge is -2.19. The number of halogens is 1. The average molecular weight is 385 g/mol. The molecule has 0 fully saturated rings. The predicted octanol–water partition coefficient (Wildman–Crippen LogP) is 1.21. The molecule has 28 heavy (non-hydrogen) atoms. The fraction of sp³-hybridized carbons (Fsp3) is 0.389. The lowest BCUT2D eigenvalue weighted by molar-refractivity contribution is -0.120. The predicted molar refractivity (Wildman–Crippen MR) is 98.0 cm³/mol. The summed E-state index contributed by atoms with van der Waals surface area (Å²) in [6, 6.07) is 1.08. The van der Waals surface area contributed by atoms with Gasteiger partial charge in [0.2, 0.25) is 5.82 Å². The van der Waals surface area contributed by atoms with E-state index in [1.807, 2.05) is 0 Å². The van der Waals surface area contributed by atoms with Crippen LogP contribution in [0.4, 0.5) is 10.2 Å². The number of allylic oxidation sites excluding steroid dienone is 4. The Bertz CT molecular complexity index is 974. The Balaban J connectivity index is 1.41. The highest BCUT2D eigenvalue weighted by molar-refractivity contribution is 6.00. The lowest BCUT2D eigenvalue weighted by Crippen LogP contribution is -2.47. The molecule has 0 spiro atoms. The van der Waals surface area contributed by atoms with E-state index in [4.69, 9.17) is 0 Å². The van der Waals surface area contributed by atoms with E-state index >= 15 is 0 Å². The van der Waals surface area contributed by atoms with Crippen molar-refractivity contribution < 1.29 is 14.0 Å². The molecule has 0 unspecified atom stereocenters. The molecule has 1 aliphatic heterocycles. The molecule has 1 aliphatic carbocycles. The molecule has 2 amide bonds. The van der Waals surface area contributed by atoms with Gasteiger partial charge in [-0.1, -0.05) is 6.08 Å². The van der Waals surface area contributed by atoms with Crippen molar-refractivity contribution in [1.29, 1.82) is 0 Å². The van der Waals surface area contributed by atoms with Gasteiger partial charge in [-0.05, 0) is 24.5 Å². The van der Waals surface area contributed by atoms with Gasteiger partial charge in [0.15, 0.2) is 0 Å². The van der Waals surface area contributed by atoms with E-state index in [0.29, 0.717) is 38.2 Å². The van der Waals surface area contributed by atoms with Crippen LogP contribution < -0.4 is 10.2 Å². The third kappa shape index (κ3) is 3.57. The summed E-state index contributed by atoms with van der Waals surface area (Å²) in [5.41, 5.74) is 1.01. The maximum Gasteiger partial charge on any atom is 0.291 e. The van der Waals surface area contributed by atoms with Gasteiger partial charge in [0.05, 0.1) is 12.7 Å². The fourth-order valence-corrected chi connectivity index (χ4v) is 3.33. The minimum Gasteiger partial charge on any atom is -0.337 e. The standard InChI is InChI=1S/C18H20FN7O2/c1-24-15-6-8-21-26(15)9-7-14(18(24)28)22-17(27)16-20-11-25(23-16)10-12-2-4-13(19)5-3-12/h2,4,6,8,11,14H,3,5,7,9-10H2,1H3,(H,22,27)/t14-/m0/s1. The Kier molecular flexibility index (Phi) is 4.76. The van der Waals surface area contributed by atoms with Crippen LogP contribution in [0.5, 0.6) is 0 Å². The summed E-state index contributed by atoms with van der Waals surface area (Å²) in [4.78, 5) is 30.7. The molecule has 0 bridgehead atoms. The van der Waals surface area contributed by atoms with Crippen LogP contribution in [0.2, 0.25) is 0 Å². The van der Waals surface area contributed by atoms with Crippen molar-refractivity contribution in [3.63, 3.8) is 0 Å². The molecule has 146 valence electrons. The van der Waals surface area contributed by atoms with Crippen molar-refractivity contribution in [2.45, 2.75) is 38.4 Å². The SMILES string of the molecule is CN1C(=O)[C@@H](NC(=O)c2ncn(CC3=CC=C(F)CC3)n2)CCn2nccc21. The molecule has 1 atom stereocenters. The Morgan fingerprint density at radius 2 is 2.21 bits per heavy atom. The van der Waals surface area contributed by atoms with Gasteiger partial charge in [-0.15, -0.1) is 5.10 Å². The van der Waals surface area contributed by atoms with Crippen molar-refractivity contribution in [2.24, 2.45) is 0 Å². The Morgan fingerprint density at radius 3 is 3.00 bits per heavy atom. The first-order valence-corrected chi connectivity index (χ1v) is 9.05. The van der Waals surface area contributed by atoms with Crippen molar-refractivity contribution in [3.8, 4) is 0 Å². The molecular formula is C18H20FN7O2. The molecule has 2 aromatic heterocycles. The number of aryl methyl sites for hydroxylation is 1. The van der Waals surface area contributed by atoms with E-state index in [-0.39, 0.29) is 17.6 Å². The molecule has 0 radical (unpaired) electrons. The number of aromatic nitrogens is 5. The number of hydrogen-bond donors (Lipinski definition) is 1. The zero-order valence-corrected chi connectivity index (χ0v) is 15.4. The number of nitrogens with one attached hydrogen (secondary N) is 1. The first kappa shape index (κ1) is 18.1. The maximum atomic E-state index is 13.1. The minimum absolute atomic E-state index is 0.00410. The molecule has 2 aliphatic rings. The van der Waals surface area contributed by atoms with Crippen LogP contribution in [0.15, 0.2) is 42.1 Å². The van der Waals surface area contributed by atoms with Crippen LogP contribution in [0.3, 0.4) is 0 Å². The summed E-state index contributed by atoms with van der Waals surface area (Å²) in [5, 5.41) is 11.1. The normalized spacial score (nSPS) is 19.6. The highest BCUT2D eigenvalue weighted by Gasteiger charge is 2.30. The third-order valence-electron chi connectivity index (χ3n) is 4.89. The van der Waals surface area contributed by atoms with Crippen molar-refractivity contribution in [2.75, 3.05) is 11.9 Å². The molecular weight excluding hydrogens is 365 g/mol. The van der Waals surface area contributed by atoms with E-state index in [2.05, 4.69) is 20.5 Å². The van der Waals surface area contributed by atoms with E-state index in [1.54, 1.807) is 30.1 Å². The summed E-state index contributed by atoms with van der Waals surface area (Å²) < 4.78 is 16.3. The van der Waals surface area contributed by atoms with Gasteiger partial charge in [-0.3, -0.25) is 14.5 Å². The number of carbonyl (C=O) groups excluding carboxylic acids is 2. The molecule has 2 aromatic rings. The van der Waals surface area contributed by atoms with Crippen molar-refractivity contribution in [3.05, 3.63) is 48.0 Å². The Labute approximate surface area is 160 Å². The third-order valence-corrected chi connectivity index (χ3v) is 4.89. The van der Waals surface area contributed by atoms with Gasteiger partial charge >= 0.3 is 0 Å². The molecule has 0 aromatic carbocycles. The molecule has 0 saturated heterocycles. The molecule has 10 heteroatoms. The van der Waals surface area contributed by atoms with Crippen molar-refractivity contribution >= 4 is 17.6 Å². The minimum atomic E-state index is -0.680. The highest BCUT2D eigenvalue weighted by Crippen LogP contribution is 2.20. The van der Waals surface area contributed by atoms with Crippen LogP contribution in [0, 0.1) is 0 Å². The van der Waals surface area contributed by atoms with E-state index in [1.165, 1.54) is 22.0 Å². The quantitative estimate of drug-likeness (QED) is 0.853. The molecule has 1 N–H and O–H groups in total. The van der Waals surface area contributed by atoms with Gasteiger partial charge in [-0.2, -0.15) is 5.10 Å². The maximum absolute atomic E-state index is 13.1. The van der Waals surface area contributed by atoms with Crippen LogP contribution in [0.1, 0.15) is 29.9 Å². The zero-order chi connectivity index (χ0) is 19.7. The second-order valence-electron chi connectivity index (χ2n) is 6.83. The second-order valence-corrected chi connectivity index (χ2v) is 6.83. The summed E-state index contributed by atoms with van der Waals surface area (Å²) in [7, 11) is 1.66. The van der Waals surface area contributed by atoms with Crippen molar-refractivity contribution in [1.82, 2.24) is 29.9 Å². The number of likely N-dealkylation sites (N-methyl/N-ethyl adjacent to an activating group) is 1. The lowest BCUT2D eigenvalue weighted by atomic mass is 10.0. The van der Waals surface area contributed by atoms with E-state index in [0.717, 1.165) is 5.57 Å².